The Balaban J connectivity index is 0.00000156. The molecule has 10 heteroatoms. The fourth-order valence-corrected chi connectivity index (χ4v) is 3.98. The van der Waals surface area contributed by atoms with E-state index in [1.165, 1.54) is 23.2 Å². The first kappa shape index (κ1) is 33.8. The standard InChI is InChI=1S/C19H22BrClN4O3S.C5H10.C2H6/c1-3-28-9-8-25(11-22)15-5-4-13(10-14(15)21)24-18(26)12(2)23-19(27)16-6-7-17(20)29-16;1-4-5(2)3;1-2/h4-7,10-12,22H,3,8-9H2,1-2H3,(H,23,27)(H,24,26);2,4H2,1,3H3;1-2H3. The van der Waals surface area contributed by atoms with Crippen LogP contribution in [-0.4, -0.2) is 44.0 Å². The number of nitrogens with zero attached hydrogens (tertiary/aromatic N) is 1. The summed E-state index contributed by atoms with van der Waals surface area (Å²) in [6.07, 6.45) is 2.29. The highest BCUT2D eigenvalue weighted by Crippen LogP contribution is 2.28. The molecule has 1 aromatic carbocycles. The molecule has 0 aliphatic rings. The van der Waals surface area contributed by atoms with Crippen molar-refractivity contribution in [1.82, 2.24) is 5.32 Å². The van der Waals surface area contributed by atoms with E-state index >= 15 is 0 Å². The molecule has 200 valence electrons. The number of carbonyl (C=O) groups excluding carboxylic acids is 2. The molecule has 0 spiro atoms. The van der Waals surface area contributed by atoms with Gasteiger partial charge in [-0.3, -0.25) is 15.0 Å². The van der Waals surface area contributed by atoms with Gasteiger partial charge >= 0.3 is 0 Å². The molecular formula is C26H38BrClN4O3S. The molecule has 1 unspecified atom stereocenters. The van der Waals surface area contributed by atoms with E-state index in [0.717, 1.165) is 10.2 Å². The van der Waals surface area contributed by atoms with Gasteiger partial charge in [-0.05, 0) is 73.5 Å². The van der Waals surface area contributed by atoms with Crippen LogP contribution in [-0.2, 0) is 9.53 Å². The predicted octanol–water partition coefficient (Wildman–Crippen LogP) is 7.37. The smallest absolute Gasteiger partial charge is 0.262 e. The molecule has 2 aromatic rings. The molecule has 7 nitrogen and oxygen atoms in total. The van der Waals surface area contributed by atoms with Crippen molar-refractivity contribution in [3.05, 3.63) is 56.2 Å². The quantitative estimate of drug-likeness (QED) is 0.108. The van der Waals surface area contributed by atoms with Crippen molar-refractivity contribution in [1.29, 1.82) is 5.41 Å². The lowest BCUT2D eigenvalue weighted by molar-refractivity contribution is -0.117. The van der Waals surface area contributed by atoms with Crippen molar-refractivity contribution in [3.63, 3.8) is 0 Å². The summed E-state index contributed by atoms with van der Waals surface area (Å²) in [5, 5.41) is 13.4. The summed E-state index contributed by atoms with van der Waals surface area (Å²) >= 11 is 10.9. The number of hydrogen-bond acceptors (Lipinski definition) is 5. The van der Waals surface area contributed by atoms with Crippen molar-refractivity contribution in [2.45, 2.75) is 54.0 Å². The number of hydrogen-bond donors (Lipinski definition) is 3. The molecule has 0 aliphatic heterocycles. The van der Waals surface area contributed by atoms with Crippen molar-refractivity contribution in [2.75, 3.05) is 30.0 Å². The van der Waals surface area contributed by atoms with Crippen molar-refractivity contribution >= 4 is 68.4 Å². The minimum absolute atomic E-state index is 0.312. The SMILES string of the molecule is C=C(C)CC.CC.CCOCCN(C=N)c1ccc(NC(=O)C(C)NC(=O)c2ccc(Br)s2)cc1Cl. The van der Waals surface area contributed by atoms with Crippen LogP contribution in [0.1, 0.15) is 57.6 Å². The number of nitrogens with one attached hydrogen (secondary N) is 3. The number of allylic oxidation sites excluding steroid dienone is 1. The first-order valence-electron chi connectivity index (χ1n) is 11.8. The van der Waals surface area contributed by atoms with Gasteiger partial charge in [0, 0.05) is 18.8 Å². The van der Waals surface area contributed by atoms with Crippen LogP contribution >= 0.6 is 38.9 Å². The molecule has 2 rings (SSSR count). The first-order chi connectivity index (χ1) is 17.1. The van der Waals surface area contributed by atoms with E-state index in [1.54, 1.807) is 42.2 Å². The Labute approximate surface area is 232 Å². The third-order valence-corrected chi connectivity index (χ3v) is 6.43. The van der Waals surface area contributed by atoms with Gasteiger partial charge in [0.15, 0.2) is 0 Å². The zero-order valence-corrected chi connectivity index (χ0v) is 25.1. The molecule has 1 atom stereocenters. The number of halogens is 2. The molecule has 36 heavy (non-hydrogen) atoms. The number of rotatable bonds is 11. The fourth-order valence-electron chi connectivity index (χ4n) is 2.40. The summed E-state index contributed by atoms with van der Waals surface area (Å²) in [4.78, 5) is 26.8. The number of ether oxygens (including phenoxy) is 1. The maximum Gasteiger partial charge on any atom is 0.262 e. The summed E-state index contributed by atoms with van der Waals surface area (Å²) in [5.74, 6) is -0.675. The molecule has 0 saturated carbocycles. The highest BCUT2D eigenvalue weighted by molar-refractivity contribution is 9.11. The number of amides is 2. The molecule has 0 aliphatic carbocycles. The molecule has 1 heterocycles. The second-order valence-corrected chi connectivity index (χ2v) is 10.2. The van der Waals surface area contributed by atoms with Crippen molar-refractivity contribution < 1.29 is 14.3 Å². The van der Waals surface area contributed by atoms with Gasteiger partial charge in [-0.15, -0.1) is 17.9 Å². The Hall–Kier alpha value is -2.20. The highest BCUT2D eigenvalue weighted by Gasteiger charge is 2.18. The molecule has 2 amide bonds. The van der Waals surface area contributed by atoms with E-state index in [4.69, 9.17) is 21.7 Å². The van der Waals surface area contributed by atoms with Crippen LogP contribution in [0.25, 0.3) is 0 Å². The summed E-state index contributed by atoms with van der Waals surface area (Å²) in [7, 11) is 0. The van der Waals surface area contributed by atoms with E-state index < -0.39 is 6.04 Å². The zero-order chi connectivity index (χ0) is 27.7. The van der Waals surface area contributed by atoms with Gasteiger partial charge < -0.3 is 20.3 Å². The van der Waals surface area contributed by atoms with Gasteiger partial charge in [0.05, 0.1) is 32.3 Å². The second-order valence-electron chi connectivity index (χ2n) is 7.28. The van der Waals surface area contributed by atoms with E-state index in [0.29, 0.717) is 41.0 Å². The number of carbonyl (C=O) groups is 2. The first-order valence-corrected chi connectivity index (χ1v) is 13.8. The summed E-state index contributed by atoms with van der Waals surface area (Å²) in [5.41, 5.74) is 2.40. The lowest BCUT2D eigenvalue weighted by atomic mass is 10.2. The molecule has 0 bridgehead atoms. The highest BCUT2D eigenvalue weighted by atomic mass is 79.9. The number of thiophene rings is 1. The fraction of sp³-hybridized carbons (Fsp3) is 0.423. The van der Waals surface area contributed by atoms with E-state index in [2.05, 4.69) is 40.1 Å². The van der Waals surface area contributed by atoms with Gasteiger partial charge in [-0.2, -0.15) is 0 Å². The molecule has 1 aromatic heterocycles. The largest absolute Gasteiger partial charge is 0.380 e. The summed E-state index contributed by atoms with van der Waals surface area (Å²) in [6.45, 7) is 16.9. The van der Waals surface area contributed by atoms with Crippen LogP contribution in [0, 0.1) is 5.41 Å². The lowest BCUT2D eigenvalue weighted by Gasteiger charge is -2.21. The third kappa shape index (κ3) is 12.7. The second kappa shape index (κ2) is 19.0. The monoisotopic (exact) mass is 600 g/mol. The Morgan fingerprint density at radius 2 is 1.92 bits per heavy atom. The van der Waals surface area contributed by atoms with E-state index in [-0.39, 0.29) is 11.8 Å². The molecule has 3 N–H and O–H groups in total. The predicted molar refractivity (Wildman–Crippen MR) is 158 cm³/mol. The van der Waals surface area contributed by atoms with Crippen LogP contribution in [0.15, 0.2) is 46.3 Å². The zero-order valence-electron chi connectivity index (χ0n) is 21.9. The van der Waals surface area contributed by atoms with Crippen LogP contribution < -0.4 is 15.5 Å². The molecule has 0 fully saturated rings. The van der Waals surface area contributed by atoms with E-state index in [9.17, 15) is 9.59 Å². The van der Waals surface area contributed by atoms with Gasteiger partial charge in [-0.25, -0.2) is 0 Å². The van der Waals surface area contributed by atoms with Gasteiger partial charge in [0.25, 0.3) is 5.91 Å². The topological polar surface area (TPSA) is 94.5 Å². The Bertz CT molecular complexity index is 984. The molecule has 0 saturated heterocycles. The Morgan fingerprint density at radius 3 is 2.39 bits per heavy atom. The minimum atomic E-state index is -0.730. The normalized spacial score (nSPS) is 10.6. The average Bonchev–Trinajstić information content (AvgIpc) is 3.30. The number of anilines is 2. The van der Waals surface area contributed by atoms with Crippen LogP contribution in [0.4, 0.5) is 11.4 Å². The van der Waals surface area contributed by atoms with Gasteiger partial charge in [0.2, 0.25) is 5.91 Å². The van der Waals surface area contributed by atoms with Crippen LogP contribution in [0.5, 0.6) is 0 Å². The summed E-state index contributed by atoms with van der Waals surface area (Å²) < 4.78 is 6.16. The van der Waals surface area contributed by atoms with Crippen molar-refractivity contribution in [3.8, 4) is 0 Å². The lowest BCUT2D eigenvalue weighted by Crippen LogP contribution is -2.41. The van der Waals surface area contributed by atoms with Gasteiger partial charge in [0.1, 0.15) is 6.04 Å². The Morgan fingerprint density at radius 1 is 1.28 bits per heavy atom. The minimum Gasteiger partial charge on any atom is -0.380 e. The maximum absolute atomic E-state index is 12.4. The van der Waals surface area contributed by atoms with Gasteiger partial charge in [-0.1, -0.05) is 37.9 Å². The number of benzene rings is 1. The Kier molecular flexibility index (Phi) is 17.8. The maximum atomic E-state index is 12.4. The van der Waals surface area contributed by atoms with Crippen LogP contribution in [0.3, 0.4) is 0 Å². The summed E-state index contributed by atoms with van der Waals surface area (Å²) in [6, 6.07) is 7.76. The molecule has 0 radical (unpaired) electrons. The van der Waals surface area contributed by atoms with Crippen LogP contribution in [0.2, 0.25) is 5.02 Å². The average molecular weight is 602 g/mol. The van der Waals surface area contributed by atoms with E-state index in [1.807, 2.05) is 27.7 Å². The molecular weight excluding hydrogens is 564 g/mol. The van der Waals surface area contributed by atoms with Crippen molar-refractivity contribution in [2.24, 2.45) is 0 Å². The third-order valence-electron chi connectivity index (χ3n) is 4.50.